The summed E-state index contributed by atoms with van der Waals surface area (Å²) < 4.78 is 6.38. The normalized spacial score (nSPS) is 10.5. The molecular weight excluding hydrogens is 508 g/mol. The van der Waals surface area contributed by atoms with Crippen LogP contribution in [0.4, 0.5) is 5.69 Å². The Morgan fingerprint density at radius 2 is 1.64 bits per heavy atom. The number of ether oxygens (including phenoxy) is 1. The van der Waals surface area contributed by atoms with Gasteiger partial charge in [0.1, 0.15) is 5.75 Å². The molecule has 0 aliphatic heterocycles. The lowest BCUT2D eigenvalue weighted by molar-refractivity contribution is -0.116. The number of hydrogen-bond acceptors (Lipinski definition) is 5. The van der Waals surface area contributed by atoms with Crippen LogP contribution in [0, 0.1) is 5.92 Å². The smallest absolute Gasteiger partial charge is 0.269 e. The Balaban J connectivity index is 1.90. The van der Waals surface area contributed by atoms with Crippen LogP contribution < -0.4 is 26.2 Å². The molecule has 4 N–H and O–H groups in total. The van der Waals surface area contributed by atoms with Crippen molar-refractivity contribution in [3.63, 3.8) is 0 Å². The molecular formula is C23H27BrN4O4S. The summed E-state index contributed by atoms with van der Waals surface area (Å²) in [5, 5.41) is 5.21. The second-order valence-corrected chi connectivity index (χ2v) is 9.22. The summed E-state index contributed by atoms with van der Waals surface area (Å²) in [5.74, 6) is -0.364. The Bertz CT molecular complexity index is 1030. The predicted octanol–water partition coefficient (Wildman–Crippen LogP) is 4.17. The van der Waals surface area contributed by atoms with E-state index in [1.807, 2.05) is 27.7 Å². The van der Waals surface area contributed by atoms with Gasteiger partial charge in [-0.1, -0.05) is 29.8 Å². The molecule has 2 aromatic carbocycles. The first kappa shape index (κ1) is 26.3. The van der Waals surface area contributed by atoms with E-state index in [1.165, 1.54) is 0 Å². The summed E-state index contributed by atoms with van der Waals surface area (Å²) in [5.41, 5.74) is 6.17. The van der Waals surface area contributed by atoms with Crippen molar-refractivity contribution in [1.29, 1.82) is 0 Å². The fourth-order valence-corrected chi connectivity index (χ4v) is 3.22. The van der Waals surface area contributed by atoms with Crippen molar-refractivity contribution in [2.75, 3.05) is 5.32 Å². The molecule has 0 saturated carbocycles. The highest BCUT2D eigenvalue weighted by molar-refractivity contribution is 9.10. The molecule has 0 atom stereocenters. The molecule has 0 aliphatic rings. The first-order chi connectivity index (χ1) is 15.5. The zero-order valence-corrected chi connectivity index (χ0v) is 21.2. The molecule has 8 nitrogen and oxygen atoms in total. The number of thiocarbonyl (C=S) groups is 1. The minimum absolute atomic E-state index is 0.0820. The van der Waals surface area contributed by atoms with Crippen LogP contribution in [0.5, 0.6) is 5.75 Å². The Morgan fingerprint density at radius 3 is 2.24 bits per heavy atom. The summed E-state index contributed by atoms with van der Waals surface area (Å²) in [6.45, 7) is 7.64. The Hall–Kier alpha value is -2.98. The van der Waals surface area contributed by atoms with Gasteiger partial charge in [0.15, 0.2) is 5.11 Å². The van der Waals surface area contributed by atoms with E-state index in [4.69, 9.17) is 17.0 Å². The minimum atomic E-state index is -0.486. The SMILES string of the molecule is CC(C)CC(=O)Nc1ccc(C(=O)NNC(=S)NC(=O)c2cc(Br)ccc2OC(C)C)cc1. The van der Waals surface area contributed by atoms with Gasteiger partial charge in [0.25, 0.3) is 11.8 Å². The first-order valence-electron chi connectivity index (χ1n) is 10.3. The van der Waals surface area contributed by atoms with Crippen molar-refractivity contribution in [3.8, 4) is 5.75 Å². The van der Waals surface area contributed by atoms with Crippen LogP contribution in [0.3, 0.4) is 0 Å². The maximum atomic E-state index is 12.6. The maximum Gasteiger partial charge on any atom is 0.269 e. The summed E-state index contributed by atoms with van der Waals surface area (Å²) >= 11 is 8.44. The average Bonchev–Trinajstić information content (AvgIpc) is 2.72. The van der Waals surface area contributed by atoms with E-state index in [9.17, 15) is 14.4 Å². The monoisotopic (exact) mass is 534 g/mol. The van der Waals surface area contributed by atoms with E-state index in [-0.39, 0.29) is 23.0 Å². The van der Waals surface area contributed by atoms with Gasteiger partial charge in [-0.15, -0.1) is 0 Å². The summed E-state index contributed by atoms with van der Waals surface area (Å²) in [7, 11) is 0. The molecule has 0 bridgehead atoms. The van der Waals surface area contributed by atoms with Crippen molar-refractivity contribution in [2.24, 2.45) is 5.92 Å². The van der Waals surface area contributed by atoms with E-state index in [2.05, 4.69) is 37.4 Å². The van der Waals surface area contributed by atoms with Crippen LogP contribution in [-0.2, 0) is 4.79 Å². The lowest BCUT2D eigenvalue weighted by Crippen LogP contribution is -2.48. The Kier molecular flexibility index (Phi) is 9.80. The highest BCUT2D eigenvalue weighted by Crippen LogP contribution is 2.24. The summed E-state index contributed by atoms with van der Waals surface area (Å²) in [6.07, 6.45) is 0.303. The van der Waals surface area contributed by atoms with Crippen LogP contribution >= 0.6 is 28.1 Å². The molecule has 3 amide bonds. The van der Waals surface area contributed by atoms with Gasteiger partial charge in [-0.2, -0.15) is 0 Å². The molecule has 0 unspecified atom stereocenters. The zero-order chi connectivity index (χ0) is 24.5. The molecule has 0 spiro atoms. The topological polar surface area (TPSA) is 109 Å². The van der Waals surface area contributed by atoms with Crippen molar-refractivity contribution in [2.45, 2.75) is 40.2 Å². The van der Waals surface area contributed by atoms with Crippen LogP contribution in [0.1, 0.15) is 54.8 Å². The van der Waals surface area contributed by atoms with Crippen LogP contribution in [0.15, 0.2) is 46.9 Å². The molecule has 33 heavy (non-hydrogen) atoms. The van der Waals surface area contributed by atoms with Crippen molar-refractivity contribution in [1.82, 2.24) is 16.2 Å². The third-order valence-corrected chi connectivity index (χ3v) is 4.79. The number of carbonyl (C=O) groups is 3. The number of halogens is 1. The average molecular weight is 535 g/mol. The molecule has 176 valence electrons. The number of amides is 3. The number of benzene rings is 2. The van der Waals surface area contributed by atoms with Crippen molar-refractivity contribution in [3.05, 3.63) is 58.1 Å². The predicted molar refractivity (Wildman–Crippen MR) is 135 cm³/mol. The second-order valence-electron chi connectivity index (χ2n) is 7.89. The van der Waals surface area contributed by atoms with Crippen LogP contribution in [0.25, 0.3) is 0 Å². The Labute approximate surface area is 206 Å². The van der Waals surface area contributed by atoms with Gasteiger partial charge in [0.2, 0.25) is 5.91 Å². The molecule has 0 fully saturated rings. The minimum Gasteiger partial charge on any atom is -0.490 e. The largest absolute Gasteiger partial charge is 0.490 e. The zero-order valence-electron chi connectivity index (χ0n) is 18.8. The van der Waals surface area contributed by atoms with Gasteiger partial charge in [-0.05, 0) is 74.4 Å². The third kappa shape index (κ3) is 8.82. The van der Waals surface area contributed by atoms with Gasteiger partial charge in [0, 0.05) is 22.1 Å². The van der Waals surface area contributed by atoms with Crippen molar-refractivity contribution < 1.29 is 19.1 Å². The fraction of sp³-hybridized carbons (Fsp3) is 0.304. The molecule has 0 radical (unpaired) electrons. The van der Waals surface area contributed by atoms with Gasteiger partial charge >= 0.3 is 0 Å². The molecule has 2 aromatic rings. The quantitative estimate of drug-likeness (QED) is 0.313. The highest BCUT2D eigenvalue weighted by atomic mass is 79.9. The first-order valence-corrected chi connectivity index (χ1v) is 11.5. The van der Waals surface area contributed by atoms with Gasteiger partial charge in [0.05, 0.1) is 11.7 Å². The van der Waals surface area contributed by atoms with Crippen LogP contribution in [-0.4, -0.2) is 28.9 Å². The number of rotatable bonds is 7. The number of hydrogen-bond donors (Lipinski definition) is 4. The molecule has 0 heterocycles. The lowest BCUT2D eigenvalue weighted by Gasteiger charge is -2.15. The van der Waals surface area contributed by atoms with Gasteiger partial charge in [-0.3, -0.25) is 30.6 Å². The number of anilines is 1. The molecule has 10 heteroatoms. The molecule has 2 rings (SSSR count). The second kappa shape index (κ2) is 12.3. The third-order valence-electron chi connectivity index (χ3n) is 4.09. The molecule has 0 aromatic heterocycles. The van der Waals surface area contributed by atoms with Gasteiger partial charge < -0.3 is 10.1 Å². The number of nitrogens with one attached hydrogen (secondary N) is 4. The van der Waals surface area contributed by atoms with E-state index >= 15 is 0 Å². The van der Waals surface area contributed by atoms with E-state index in [0.717, 1.165) is 0 Å². The van der Waals surface area contributed by atoms with Crippen LogP contribution in [0.2, 0.25) is 0 Å². The standard InChI is InChI=1S/C23H27BrN4O4S/c1-13(2)11-20(29)25-17-8-5-15(6-9-17)21(30)27-28-23(33)26-22(31)18-12-16(24)7-10-19(18)32-14(3)4/h5-10,12-14H,11H2,1-4H3,(H,25,29)(H,27,30)(H2,26,28,31,33). The van der Waals surface area contributed by atoms with E-state index in [1.54, 1.807) is 42.5 Å². The molecule has 0 aliphatic carbocycles. The van der Waals surface area contributed by atoms with E-state index < -0.39 is 11.8 Å². The molecule has 0 saturated heterocycles. The summed E-state index contributed by atoms with van der Waals surface area (Å²) in [6, 6.07) is 11.5. The number of hydrazine groups is 1. The lowest BCUT2D eigenvalue weighted by atomic mass is 10.1. The fourth-order valence-electron chi connectivity index (χ4n) is 2.71. The number of carbonyl (C=O) groups excluding carboxylic acids is 3. The van der Waals surface area contributed by atoms with E-state index in [0.29, 0.717) is 33.5 Å². The highest BCUT2D eigenvalue weighted by Gasteiger charge is 2.16. The maximum absolute atomic E-state index is 12.6. The summed E-state index contributed by atoms with van der Waals surface area (Å²) in [4.78, 5) is 36.8. The van der Waals surface area contributed by atoms with Gasteiger partial charge in [-0.25, -0.2) is 0 Å². The van der Waals surface area contributed by atoms with Crippen molar-refractivity contribution >= 4 is 56.7 Å². The Morgan fingerprint density at radius 1 is 0.970 bits per heavy atom.